The molecule has 0 radical (unpaired) electrons. The third kappa shape index (κ3) is 10.9. The minimum Gasteiger partial charge on any atom is -0.325 e. The number of amides is 2. The number of Topliss-reactive ketones (excluding diaryl/α,β-unsaturated/α-hetero) is 2. The van der Waals surface area contributed by atoms with Gasteiger partial charge in [-0.25, -0.2) is 5.43 Å². The number of carbonyl (C=O) groups is 4. The van der Waals surface area contributed by atoms with Crippen molar-refractivity contribution < 1.29 is 19.2 Å². The summed E-state index contributed by atoms with van der Waals surface area (Å²) in [6.07, 6.45) is 3.49. The van der Waals surface area contributed by atoms with Gasteiger partial charge in [-0.1, -0.05) is 77.8 Å². The third-order valence-electron chi connectivity index (χ3n) is 5.60. The molecule has 0 saturated heterocycles. The van der Waals surface area contributed by atoms with E-state index in [1.165, 1.54) is 6.21 Å². The van der Waals surface area contributed by atoms with Crippen molar-refractivity contribution in [3.8, 4) is 0 Å². The van der Waals surface area contributed by atoms with Gasteiger partial charge in [-0.15, -0.1) is 0 Å². The van der Waals surface area contributed by atoms with E-state index in [0.29, 0.717) is 15.7 Å². The second-order valence-electron chi connectivity index (χ2n) is 8.80. The van der Waals surface area contributed by atoms with E-state index < -0.39 is 0 Å². The molecule has 206 valence electrons. The number of hydrogen-bond donors (Lipinski definition) is 2. The van der Waals surface area contributed by atoms with Gasteiger partial charge in [-0.05, 0) is 34.9 Å². The Balaban J connectivity index is 1.33. The molecule has 40 heavy (non-hydrogen) atoms. The van der Waals surface area contributed by atoms with E-state index in [0.717, 1.165) is 16.7 Å². The fraction of sp³-hybridized carbons (Fsp3) is 0.200. The molecule has 0 atom stereocenters. The zero-order valence-electron chi connectivity index (χ0n) is 21.6. The van der Waals surface area contributed by atoms with Crippen LogP contribution in [0.2, 0.25) is 10.0 Å². The van der Waals surface area contributed by atoms with E-state index in [1.807, 2.05) is 6.07 Å². The Labute approximate surface area is 242 Å². The monoisotopic (exact) mass is 578 g/mol. The molecule has 0 aromatic heterocycles. The average Bonchev–Trinajstić information content (AvgIpc) is 2.94. The summed E-state index contributed by atoms with van der Waals surface area (Å²) in [6, 6.07) is 21.2. The Morgan fingerprint density at radius 2 is 1.27 bits per heavy atom. The number of benzene rings is 3. The number of hydrogen-bond acceptors (Lipinski definition) is 6. The highest BCUT2D eigenvalue weighted by Crippen LogP contribution is 2.20. The molecule has 2 amide bonds. The SMILES string of the molecule is O=C(CCC(=O)Nc1ccccc1Cl)CN=Cc1ccc(/C=N/NC(=O)CCC(=O)Cc2ccccc2Cl)cc1. The quantitative estimate of drug-likeness (QED) is 0.195. The van der Waals surface area contributed by atoms with Crippen molar-refractivity contribution >= 4 is 64.7 Å². The normalized spacial score (nSPS) is 11.1. The van der Waals surface area contributed by atoms with Crippen molar-refractivity contribution in [2.45, 2.75) is 32.1 Å². The number of carbonyl (C=O) groups excluding carboxylic acids is 4. The Hall–Kier alpha value is -4.14. The van der Waals surface area contributed by atoms with Gasteiger partial charge in [-0.2, -0.15) is 5.10 Å². The summed E-state index contributed by atoms with van der Waals surface area (Å²) in [6.45, 7) is -0.0322. The summed E-state index contributed by atoms with van der Waals surface area (Å²) in [5, 5.41) is 7.57. The van der Waals surface area contributed by atoms with Gasteiger partial charge in [0, 0.05) is 43.3 Å². The number of ketones is 2. The van der Waals surface area contributed by atoms with Crippen molar-refractivity contribution in [2.24, 2.45) is 10.1 Å². The van der Waals surface area contributed by atoms with Gasteiger partial charge in [0.15, 0.2) is 5.78 Å². The molecule has 0 fully saturated rings. The molecule has 0 aliphatic carbocycles. The van der Waals surface area contributed by atoms with E-state index >= 15 is 0 Å². The van der Waals surface area contributed by atoms with E-state index in [2.05, 4.69) is 20.8 Å². The predicted octanol–water partition coefficient (Wildman–Crippen LogP) is 5.44. The standard InChI is InChI=1S/C30H28Cl2N4O4/c31-26-6-2-1-5-23(26)17-24(37)13-16-30(40)36-34-19-22-11-9-21(10-12-22)18-33-20-25(38)14-15-29(39)35-28-8-4-3-7-27(28)32/h1-12,18-19H,13-17,20H2,(H,35,39)(H,36,40)/b33-18?,34-19+. The molecule has 0 aliphatic rings. The van der Waals surface area contributed by atoms with Crippen molar-refractivity contribution in [3.63, 3.8) is 0 Å². The lowest BCUT2D eigenvalue weighted by Crippen LogP contribution is -2.19. The van der Waals surface area contributed by atoms with Crippen LogP contribution in [0.5, 0.6) is 0 Å². The molecule has 2 N–H and O–H groups in total. The number of rotatable bonds is 14. The lowest BCUT2D eigenvalue weighted by molar-refractivity contribution is -0.125. The largest absolute Gasteiger partial charge is 0.325 e. The fourth-order valence-corrected chi connectivity index (χ4v) is 3.84. The van der Waals surface area contributed by atoms with Crippen molar-refractivity contribution in [1.29, 1.82) is 0 Å². The molecule has 10 heteroatoms. The van der Waals surface area contributed by atoms with Crippen LogP contribution in [0, 0.1) is 0 Å². The second kappa shape index (κ2) is 16.1. The Kier molecular flexibility index (Phi) is 12.2. The molecule has 0 unspecified atom stereocenters. The van der Waals surface area contributed by atoms with Crippen LogP contribution in [0.15, 0.2) is 82.9 Å². The molecule has 3 aromatic rings. The highest BCUT2D eigenvalue weighted by Gasteiger charge is 2.10. The van der Waals surface area contributed by atoms with Crippen LogP contribution in [0.25, 0.3) is 0 Å². The van der Waals surface area contributed by atoms with E-state index in [-0.39, 0.29) is 62.0 Å². The van der Waals surface area contributed by atoms with E-state index in [9.17, 15) is 19.2 Å². The van der Waals surface area contributed by atoms with Gasteiger partial charge in [0.25, 0.3) is 0 Å². The first-order valence-corrected chi connectivity index (χ1v) is 13.3. The number of para-hydroxylation sites is 1. The summed E-state index contributed by atoms with van der Waals surface area (Å²) in [4.78, 5) is 52.3. The number of nitrogens with one attached hydrogen (secondary N) is 2. The first-order valence-electron chi connectivity index (χ1n) is 12.5. The van der Waals surface area contributed by atoms with Gasteiger partial charge in [0.2, 0.25) is 11.8 Å². The smallest absolute Gasteiger partial charge is 0.240 e. The summed E-state index contributed by atoms with van der Waals surface area (Å²) in [5.74, 6) is -0.889. The summed E-state index contributed by atoms with van der Waals surface area (Å²) in [7, 11) is 0. The second-order valence-corrected chi connectivity index (χ2v) is 9.62. The maximum absolute atomic E-state index is 12.1. The van der Waals surface area contributed by atoms with Crippen molar-refractivity contribution in [3.05, 3.63) is 99.5 Å². The molecule has 0 spiro atoms. The molecule has 0 saturated carbocycles. The van der Waals surface area contributed by atoms with Gasteiger partial charge < -0.3 is 5.32 Å². The zero-order valence-corrected chi connectivity index (χ0v) is 23.1. The van der Waals surface area contributed by atoms with Gasteiger partial charge in [0.1, 0.15) is 5.78 Å². The lowest BCUT2D eigenvalue weighted by Gasteiger charge is -2.06. The number of hydrazone groups is 1. The highest BCUT2D eigenvalue weighted by atomic mass is 35.5. The van der Waals surface area contributed by atoms with Crippen LogP contribution in [0.4, 0.5) is 5.69 Å². The predicted molar refractivity (Wildman–Crippen MR) is 158 cm³/mol. The molecule has 3 aromatic carbocycles. The zero-order chi connectivity index (χ0) is 28.7. The van der Waals surface area contributed by atoms with Crippen LogP contribution in [0.1, 0.15) is 42.4 Å². The first kappa shape index (κ1) is 30.4. The Morgan fingerprint density at radius 1 is 0.675 bits per heavy atom. The highest BCUT2D eigenvalue weighted by molar-refractivity contribution is 6.33. The summed E-state index contributed by atoms with van der Waals surface area (Å²) >= 11 is 12.1. The minimum atomic E-state index is -0.362. The lowest BCUT2D eigenvalue weighted by atomic mass is 10.1. The maximum atomic E-state index is 12.1. The number of anilines is 1. The molecular weight excluding hydrogens is 551 g/mol. The number of nitrogens with zero attached hydrogens (tertiary/aromatic N) is 2. The minimum absolute atomic E-state index is 0.0286. The van der Waals surface area contributed by atoms with E-state index in [1.54, 1.807) is 72.9 Å². The average molecular weight is 579 g/mol. The maximum Gasteiger partial charge on any atom is 0.240 e. The van der Waals surface area contributed by atoms with Gasteiger partial charge in [-0.3, -0.25) is 24.2 Å². The van der Waals surface area contributed by atoms with Crippen LogP contribution in [-0.4, -0.2) is 42.4 Å². The number of aliphatic imine (C=N–C) groups is 1. The molecule has 8 nitrogen and oxygen atoms in total. The molecule has 3 rings (SSSR count). The molecule has 0 bridgehead atoms. The fourth-order valence-electron chi connectivity index (χ4n) is 3.46. The van der Waals surface area contributed by atoms with Crippen molar-refractivity contribution in [2.75, 3.05) is 11.9 Å². The van der Waals surface area contributed by atoms with Gasteiger partial charge in [0.05, 0.1) is 23.5 Å². The summed E-state index contributed by atoms with van der Waals surface area (Å²) in [5.41, 5.74) is 5.18. The summed E-state index contributed by atoms with van der Waals surface area (Å²) < 4.78 is 0. The molecular formula is C30H28Cl2N4O4. The molecule has 0 heterocycles. The Morgan fingerprint density at radius 3 is 1.98 bits per heavy atom. The molecule has 0 aliphatic heterocycles. The van der Waals surface area contributed by atoms with Crippen molar-refractivity contribution in [1.82, 2.24) is 5.43 Å². The Bertz CT molecular complexity index is 1300. The topological polar surface area (TPSA) is 117 Å². The van der Waals surface area contributed by atoms with Crippen LogP contribution < -0.4 is 10.7 Å². The third-order valence-corrected chi connectivity index (χ3v) is 6.30. The van der Waals surface area contributed by atoms with E-state index in [4.69, 9.17) is 23.2 Å². The van der Waals surface area contributed by atoms with Crippen LogP contribution in [-0.2, 0) is 25.6 Å². The van der Waals surface area contributed by atoms with Gasteiger partial charge >= 0.3 is 0 Å². The first-order chi connectivity index (χ1) is 19.3. The van der Waals surface area contributed by atoms with Crippen LogP contribution >= 0.6 is 23.2 Å². The number of halogens is 2. The van der Waals surface area contributed by atoms with Crippen LogP contribution in [0.3, 0.4) is 0 Å².